The van der Waals surface area contributed by atoms with Crippen LogP contribution in [-0.4, -0.2) is 24.9 Å². The summed E-state index contributed by atoms with van der Waals surface area (Å²) in [4.78, 5) is 22.7. The number of benzene rings is 1. The van der Waals surface area contributed by atoms with Crippen LogP contribution in [-0.2, 0) is 22.4 Å². The Morgan fingerprint density at radius 3 is 1.80 bits per heavy atom. The van der Waals surface area contributed by atoms with Crippen LogP contribution in [0.15, 0.2) is 24.3 Å². The molecule has 2 N–H and O–H groups in total. The molecule has 0 aliphatic heterocycles. The molecule has 0 saturated heterocycles. The van der Waals surface area contributed by atoms with Crippen molar-refractivity contribution in [3.63, 3.8) is 0 Å². The third-order valence-corrected chi connectivity index (χ3v) is 3.03. The molecule has 0 atom stereocenters. The molecule has 110 valence electrons. The topological polar surface area (TPSA) is 58.2 Å². The number of nitrogens with one attached hydrogen (secondary N) is 2. The molecule has 0 saturated carbocycles. The smallest absolute Gasteiger partial charge is 0.220 e. The molecule has 2 amide bonds. The summed E-state index contributed by atoms with van der Waals surface area (Å²) in [6.07, 6.45) is 2.50. The number of amides is 2. The van der Waals surface area contributed by atoms with Crippen molar-refractivity contribution < 1.29 is 9.59 Å². The highest BCUT2D eigenvalue weighted by Gasteiger charge is 2.04. The van der Waals surface area contributed by atoms with E-state index in [-0.39, 0.29) is 17.9 Å². The molecule has 0 fully saturated rings. The summed E-state index contributed by atoms with van der Waals surface area (Å²) in [6, 6.07) is 8.30. The fraction of sp³-hybridized carbons (Fsp3) is 0.500. The van der Waals surface area contributed by atoms with Crippen molar-refractivity contribution in [2.45, 2.75) is 45.6 Å². The second-order valence-electron chi connectivity index (χ2n) is 5.21. The average molecular weight is 276 g/mol. The van der Waals surface area contributed by atoms with Crippen molar-refractivity contribution in [1.29, 1.82) is 0 Å². The maximum absolute atomic E-state index is 11.5. The third kappa shape index (κ3) is 6.36. The minimum Gasteiger partial charge on any atom is -0.359 e. The van der Waals surface area contributed by atoms with Gasteiger partial charge in [-0.1, -0.05) is 24.3 Å². The van der Waals surface area contributed by atoms with Gasteiger partial charge in [0.15, 0.2) is 0 Å². The first-order valence-corrected chi connectivity index (χ1v) is 7.09. The van der Waals surface area contributed by atoms with Gasteiger partial charge in [0.05, 0.1) is 0 Å². The molecule has 0 aliphatic carbocycles. The van der Waals surface area contributed by atoms with Crippen molar-refractivity contribution in [2.75, 3.05) is 7.05 Å². The first kappa shape index (κ1) is 16.2. The lowest BCUT2D eigenvalue weighted by Gasteiger charge is -2.08. The predicted octanol–water partition coefficient (Wildman–Crippen LogP) is 1.82. The van der Waals surface area contributed by atoms with Crippen molar-refractivity contribution in [3.8, 4) is 0 Å². The standard InChI is InChI=1S/C16H24N2O2/c1-12(2)18-16(20)11-9-14-6-4-13(5-7-14)8-10-15(19)17-3/h4-7,12H,8-11H2,1-3H3,(H,17,19)(H,18,20). The Bertz CT molecular complexity index is 438. The van der Waals surface area contributed by atoms with Crippen LogP contribution in [0.1, 0.15) is 37.8 Å². The van der Waals surface area contributed by atoms with E-state index < -0.39 is 0 Å². The normalized spacial score (nSPS) is 10.4. The number of carbonyl (C=O) groups excluding carboxylic acids is 2. The van der Waals surface area contributed by atoms with Gasteiger partial charge in [0.25, 0.3) is 0 Å². The molecular weight excluding hydrogens is 252 g/mol. The fourth-order valence-electron chi connectivity index (χ4n) is 1.91. The van der Waals surface area contributed by atoms with Gasteiger partial charge < -0.3 is 10.6 Å². The maximum Gasteiger partial charge on any atom is 0.220 e. The van der Waals surface area contributed by atoms with E-state index >= 15 is 0 Å². The van der Waals surface area contributed by atoms with E-state index in [2.05, 4.69) is 10.6 Å². The molecule has 0 spiro atoms. The molecule has 1 rings (SSSR count). The summed E-state index contributed by atoms with van der Waals surface area (Å²) in [5.74, 6) is 0.142. The predicted molar refractivity (Wildman–Crippen MR) is 80.4 cm³/mol. The summed E-state index contributed by atoms with van der Waals surface area (Å²) in [5.41, 5.74) is 2.29. The Morgan fingerprint density at radius 1 is 0.950 bits per heavy atom. The van der Waals surface area contributed by atoms with Gasteiger partial charge >= 0.3 is 0 Å². The highest BCUT2D eigenvalue weighted by Crippen LogP contribution is 2.09. The Morgan fingerprint density at radius 2 is 1.40 bits per heavy atom. The first-order chi connectivity index (χ1) is 9.51. The molecule has 0 aliphatic rings. The lowest BCUT2D eigenvalue weighted by atomic mass is 10.0. The summed E-state index contributed by atoms with van der Waals surface area (Å²) in [5, 5.41) is 5.49. The molecule has 20 heavy (non-hydrogen) atoms. The van der Waals surface area contributed by atoms with E-state index in [9.17, 15) is 9.59 Å². The molecule has 0 radical (unpaired) electrons. The minimum atomic E-state index is 0.0550. The maximum atomic E-state index is 11.5. The molecule has 0 heterocycles. The van der Waals surface area contributed by atoms with Crippen LogP contribution in [0.2, 0.25) is 0 Å². The van der Waals surface area contributed by atoms with E-state index in [1.54, 1.807) is 7.05 Å². The van der Waals surface area contributed by atoms with Gasteiger partial charge in [-0.25, -0.2) is 0 Å². The molecule has 4 heteroatoms. The van der Waals surface area contributed by atoms with Crippen LogP contribution < -0.4 is 10.6 Å². The van der Waals surface area contributed by atoms with Gasteiger partial charge in [-0.2, -0.15) is 0 Å². The van der Waals surface area contributed by atoms with E-state index in [4.69, 9.17) is 0 Å². The molecule has 0 aromatic heterocycles. The van der Waals surface area contributed by atoms with E-state index in [1.807, 2.05) is 38.1 Å². The summed E-state index contributed by atoms with van der Waals surface area (Å²) >= 11 is 0. The average Bonchev–Trinajstić information content (AvgIpc) is 2.43. The quantitative estimate of drug-likeness (QED) is 0.798. The molecule has 1 aromatic carbocycles. The van der Waals surface area contributed by atoms with Crippen LogP contribution in [0.3, 0.4) is 0 Å². The zero-order chi connectivity index (χ0) is 15.0. The SMILES string of the molecule is CNC(=O)CCc1ccc(CCC(=O)NC(C)C)cc1. The summed E-state index contributed by atoms with van der Waals surface area (Å²) < 4.78 is 0. The Hall–Kier alpha value is -1.84. The van der Waals surface area contributed by atoms with Crippen LogP contribution in [0.25, 0.3) is 0 Å². The van der Waals surface area contributed by atoms with Gasteiger partial charge in [-0.15, -0.1) is 0 Å². The Kier molecular flexibility index (Phi) is 6.77. The Balaban J connectivity index is 2.38. The van der Waals surface area contributed by atoms with Crippen molar-refractivity contribution >= 4 is 11.8 Å². The molecule has 1 aromatic rings. The monoisotopic (exact) mass is 276 g/mol. The van der Waals surface area contributed by atoms with Crippen LogP contribution in [0, 0.1) is 0 Å². The van der Waals surface area contributed by atoms with Gasteiger partial charge in [0, 0.05) is 25.9 Å². The molecule has 4 nitrogen and oxygen atoms in total. The van der Waals surface area contributed by atoms with Crippen LogP contribution >= 0.6 is 0 Å². The molecule has 0 bridgehead atoms. The number of carbonyl (C=O) groups is 2. The van der Waals surface area contributed by atoms with Gasteiger partial charge in [0.2, 0.25) is 11.8 Å². The van der Waals surface area contributed by atoms with E-state index in [0.717, 1.165) is 24.0 Å². The van der Waals surface area contributed by atoms with Crippen molar-refractivity contribution in [1.82, 2.24) is 10.6 Å². The third-order valence-electron chi connectivity index (χ3n) is 3.03. The highest BCUT2D eigenvalue weighted by molar-refractivity contribution is 5.76. The highest BCUT2D eigenvalue weighted by atomic mass is 16.2. The van der Waals surface area contributed by atoms with E-state index in [1.165, 1.54) is 0 Å². The Labute approximate surface area is 121 Å². The number of hydrogen-bond acceptors (Lipinski definition) is 2. The van der Waals surface area contributed by atoms with Crippen LogP contribution in [0.5, 0.6) is 0 Å². The van der Waals surface area contributed by atoms with Crippen molar-refractivity contribution in [2.24, 2.45) is 0 Å². The zero-order valence-corrected chi connectivity index (χ0v) is 12.5. The van der Waals surface area contributed by atoms with Crippen LogP contribution in [0.4, 0.5) is 0 Å². The first-order valence-electron chi connectivity index (χ1n) is 7.09. The fourth-order valence-corrected chi connectivity index (χ4v) is 1.91. The van der Waals surface area contributed by atoms with Crippen molar-refractivity contribution in [3.05, 3.63) is 35.4 Å². The summed E-state index contributed by atoms with van der Waals surface area (Å²) in [6.45, 7) is 3.91. The minimum absolute atomic E-state index is 0.0550. The van der Waals surface area contributed by atoms with Gasteiger partial charge in [-0.3, -0.25) is 9.59 Å². The number of hydrogen-bond donors (Lipinski definition) is 2. The van der Waals surface area contributed by atoms with E-state index in [0.29, 0.717) is 12.8 Å². The summed E-state index contributed by atoms with van der Waals surface area (Å²) in [7, 11) is 1.65. The number of rotatable bonds is 7. The molecule has 0 unspecified atom stereocenters. The molecular formula is C16H24N2O2. The van der Waals surface area contributed by atoms with Gasteiger partial charge in [0.1, 0.15) is 0 Å². The zero-order valence-electron chi connectivity index (χ0n) is 12.5. The largest absolute Gasteiger partial charge is 0.359 e. The lowest BCUT2D eigenvalue weighted by Crippen LogP contribution is -2.30. The second kappa shape index (κ2) is 8.35. The number of aryl methyl sites for hydroxylation is 2. The van der Waals surface area contributed by atoms with Gasteiger partial charge in [-0.05, 0) is 37.8 Å². The lowest BCUT2D eigenvalue weighted by molar-refractivity contribution is -0.122. The second-order valence-corrected chi connectivity index (χ2v) is 5.21.